The molecule has 0 fully saturated rings. The molecule has 1 aliphatic rings. The standard InChI is InChI=1S/C10H12O2Si/c1-13(2)7-9(11)8-5-3-4-6-10(8)12-13/h3-7,11H,1-2H3. The zero-order valence-electron chi connectivity index (χ0n) is 7.74. The van der Waals surface area contributed by atoms with Crippen molar-refractivity contribution in [2.75, 3.05) is 0 Å². The van der Waals surface area contributed by atoms with Crippen molar-refractivity contribution in [2.45, 2.75) is 13.1 Å². The number of rotatable bonds is 0. The van der Waals surface area contributed by atoms with Gasteiger partial charge < -0.3 is 9.53 Å². The van der Waals surface area contributed by atoms with Gasteiger partial charge in [-0.2, -0.15) is 0 Å². The van der Waals surface area contributed by atoms with Crippen LogP contribution in [0.5, 0.6) is 5.75 Å². The van der Waals surface area contributed by atoms with Gasteiger partial charge in [0.15, 0.2) is 0 Å². The second-order valence-corrected chi connectivity index (χ2v) is 7.43. The molecular weight excluding hydrogens is 180 g/mol. The number of aliphatic hydroxyl groups is 1. The third kappa shape index (κ3) is 1.47. The van der Waals surface area contributed by atoms with E-state index in [1.165, 1.54) is 0 Å². The van der Waals surface area contributed by atoms with Crippen LogP contribution in [0, 0.1) is 0 Å². The van der Waals surface area contributed by atoms with E-state index in [1.54, 1.807) is 0 Å². The van der Waals surface area contributed by atoms with Crippen molar-refractivity contribution in [2.24, 2.45) is 0 Å². The summed E-state index contributed by atoms with van der Waals surface area (Å²) < 4.78 is 5.79. The normalized spacial score (nSPS) is 18.5. The first kappa shape index (κ1) is 8.38. The number of hydrogen-bond acceptors (Lipinski definition) is 2. The molecule has 0 amide bonds. The fourth-order valence-corrected chi connectivity index (χ4v) is 3.10. The molecule has 1 heterocycles. The van der Waals surface area contributed by atoms with Gasteiger partial charge in [0.2, 0.25) is 0 Å². The Morgan fingerprint density at radius 1 is 1.23 bits per heavy atom. The summed E-state index contributed by atoms with van der Waals surface area (Å²) in [6.07, 6.45) is 0. The molecule has 0 aromatic heterocycles. The molecule has 0 spiro atoms. The summed E-state index contributed by atoms with van der Waals surface area (Å²) >= 11 is 0. The van der Waals surface area contributed by atoms with Crippen LogP contribution in [0.1, 0.15) is 5.56 Å². The van der Waals surface area contributed by atoms with Crippen molar-refractivity contribution in [3.05, 3.63) is 35.5 Å². The monoisotopic (exact) mass is 192 g/mol. The molecule has 3 heteroatoms. The average Bonchev–Trinajstić information content (AvgIpc) is 2.02. The van der Waals surface area contributed by atoms with Crippen LogP contribution in [0.25, 0.3) is 5.76 Å². The van der Waals surface area contributed by atoms with Crippen molar-refractivity contribution < 1.29 is 9.53 Å². The Kier molecular flexibility index (Phi) is 1.70. The van der Waals surface area contributed by atoms with E-state index in [4.69, 9.17) is 4.43 Å². The van der Waals surface area contributed by atoms with Crippen LogP contribution >= 0.6 is 0 Å². The minimum atomic E-state index is -1.82. The van der Waals surface area contributed by atoms with E-state index in [2.05, 4.69) is 13.1 Å². The van der Waals surface area contributed by atoms with Crippen LogP contribution in [-0.2, 0) is 0 Å². The van der Waals surface area contributed by atoms with E-state index in [0.29, 0.717) is 5.76 Å². The zero-order chi connectivity index (χ0) is 9.47. The van der Waals surface area contributed by atoms with Gasteiger partial charge in [-0.05, 0) is 30.9 Å². The van der Waals surface area contributed by atoms with Crippen molar-refractivity contribution in [3.63, 3.8) is 0 Å². The number of aliphatic hydroxyl groups excluding tert-OH is 1. The SMILES string of the molecule is C[Si]1(C)C=C(O)c2ccccc2O1. The second kappa shape index (κ2) is 2.63. The topological polar surface area (TPSA) is 29.5 Å². The Morgan fingerprint density at radius 3 is 2.69 bits per heavy atom. The molecule has 0 radical (unpaired) electrons. The Hall–Kier alpha value is -1.22. The highest BCUT2D eigenvalue weighted by molar-refractivity contribution is 6.78. The van der Waals surface area contributed by atoms with Gasteiger partial charge in [0.1, 0.15) is 11.5 Å². The van der Waals surface area contributed by atoms with Gasteiger partial charge in [-0.3, -0.25) is 0 Å². The van der Waals surface area contributed by atoms with Crippen molar-refractivity contribution in [3.8, 4) is 5.75 Å². The second-order valence-electron chi connectivity index (χ2n) is 3.73. The van der Waals surface area contributed by atoms with E-state index >= 15 is 0 Å². The fraction of sp³-hybridized carbons (Fsp3) is 0.200. The zero-order valence-corrected chi connectivity index (χ0v) is 8.74. The largest absolute Gasteiger partial charge is 0.540 e. The first-order chi connectivity index (χ1) is 6.08. The molecule has 13 heavy (non-hydrogen) atoms. The molecule has 2 nitrogen and oxygen atoms in total. The van der Waals surface area contributed by atoms with Crippen molar-refractivity contribution in [1.82, 2.24) is 0 Å². The Labute approximate surface area is 78.6 Å². The quantitative estimate of drug-likeness (QED) is 0.640. The van der Waals surface area contributed by atoms with Gasteiger partial charge in [0, 0.05) is 0 Å². The molecule has 1 aromatic rings. The van der Waals surface area contributed by atoms with Gasteiger partial charge in [0.05, 0.1) is 5.56 Å². The van der Waals surface area contributed by atoms with Crippen LogP contribution in [0.2, 0.25) is 13.1 Å². The molecular formula is C10H12O2Si. The lowest BCUT2D eigenvalue weighted by Gasteiger charge is -2.27. The molecule has 68 valence electrons. The van der Waals surface area contributed by atoms with Gasteiger partial charge in [-0.15, -0.1) is 0 Å². The third-order valence-electron chi connectivity index (χ3n) is 2.02. The summed E-state index contributed by atoms with van der Waals surface area (Å²) in [5.74, 6) is 1.16. The molecule has 1 aromatic carbocycles. The molecule has 0 saturated heterocycles. The highest BCUT2D eigenvalue weighted by Gasteiger charge is 2.28. The first-order valence-electron chi connectivity index (χ1n) is 4.29. The summed E-state index contributed by atoms with van der Waals surface area (Å²) in [5.41, 5.74) is 2.66. The molecule has 0 saturated carbocycles. The van der Waals surface area contributed by atoms with E-state index in [9.17, 15) is 5.11 Å². The predicted octanol–water partition coefficient (Wildman–Crippen LogP) is 2.72. The van der Waals surface area contributed by atoms with Gasteiger partial charge in [0.25, 0.3) is 8.32 Å². The smallest absolute Gasteiger partial charge is 0.273 e. The Bertz CT molecular complexity index is 369. The van der Waals surface area contributed by atoms with E-state index < -0.39 is 8.32 Å². The number of hydrogen-bond donors (Lipinski definition) is 1. The minimum Gasteiger partial charge on any atom is -0.540 e. The Balaban J connectivity index is 2.55. The maximum atomic E-state index is 9.71. The van der Waals surface area contributed by atoms with Gasteiger partial charge >= 0.3 is 0 Å². The summed E-state index contributed by atoms with van der Waals surface area (Å²) in [6.45, 7) is 4.11. The molecule has 1 aliphatic heterocycles. The van der Waals surface area contributed by atoms with Crippen LogP contribution < -0.4 is 4.43 Å². The maximum Gasteiger partial charge on any atom is 0.273 e. The molecule has 1 N–H and O–H groups in total. The Morgan fingerprint density at radius 2 is 1.92 bits per heavy atom. The molecule has 0 aliphatic carbocycles. The summed E-state index contributed by atoms with van der Waals surface area (Å²) in [7, 11) is -1.82. The summed E-state index contributed by atoms with van der Waals surface area (Å²) in [5, 5.41) is 9.71. The number of para-hydroxylation sites is 1. The van der Waals surface area contributed by atoms with Crippen LogP contribution in [0.15, 0.2) is 30.0 Å². The van der Waals surface area contributed by atoms with Crippen LogP contribution in [-0.4, -0.2) is 13.4 Å². The first-order valence-corrected chi connectivity index (χ1v) is 7.27. The van der Waals surface area contributed by atoms with Crippen molar-refractivity contribution in [1.29, 1.82) is 0 Å². The number of fused-ring (bicyclic) bond motifs is 1. The summed E-state index contributed by atoms with van der Waals surface area (Å²) in [6, 6.07) is 7.58. The minimum absolute atomic E-state index is 0.360. The summed E-state index contributed by atoms with van der Waals surface area (Å²) in [4.78, 5) is 0. The molecule has 0 unspecified atom stereocenters. The number of benzene rings is 1. The van der Waals surface area contributed by atoms with Gasteiger partial charge in [-0.25, -0.2) is 0 Å². The van der Waals surface area contributed by atoms with Crippen molar-refractivity contribution >= 4 is 14.1 Å². The van der Waals surface area contributed by atoms with Crippen LogP contribution in [0.3, 0.4) is 0 Å². The molecule has 0 bridgehead atoms. The predicted molar refractivity (Wildman–Crippen MR) is 55.2 cm³/mol. The van der Waals surface area contributed by atoms with E-state index in [-0.39, 0.29) is 0 Å². The van der Waals surface area contributed by atoms with E-state index in [1.807, 2.05) is 30.0 Å². The lowest BCUT2D eigenvalue weighted by Crippen LogP contribution is -2.35. The third-order valence-corrected chi connectivity index (χ3v) is 3.73. The molecule has 2 rings (SSSR count). The highest BCUT2D eigenvalue weighted by Crippen LogP contribution is 2.32. The average molecular weight is 192 g/mol. The van der Waals surface area contributed by atoms with Crippen LogP contribution in [0.4, 0.5) is 0 Å². The lowest BCUT2D eigenvalue weighted by atomic mass is 10.2. The highest BCUT2D eigenvalue weighted by atomic mass is 28.4. The maximum absolute atomic E-state index is 9.71. The fourth-order valence-electron chi connectivity index (χ4n) is 1.49. The molecule has 0 atom stereocenters. The lowest BCUT2D eigenvalue weighted by molar-refractivity contribution is 0.489. The van der Waals surface area contributed by atoms with E-state index in [0.717, 1.165) is 11.3 Å². The van der Waals surface area contributed by atoms with Gasteiger partial charge in [-0.1, -0.05) is 12.1 Å².